The van der Waals surface area contributed by atoms with E-state index in [1.54, 1.807) is 24.3 Å². The lowest BCUT2D eigenvalue weighted by molar-refractivity contribution is 0.0826. The fraction of sp³-hybridized carbons (Fsp3) is 0.182. The van der Waals surface area contributed by atoms with E-state index in [2.05, 4.69) is 11.1 Å². The molecule has 0 aliphatic carbocycles. The standard InChI is InChI=1S/C11H8F2NO/c12-11(13)7-15-10-5-6-14-9-4-2-1-3-8(9)10/h2-6,11H,7H2. The summed E-state index contributed by atoms with van der Waals surface area (Å²) in [5.74, 6) is 0.414. The summed E-state index contributed by atoms with van der Waals surface area (Å²) in [6.45, 7) is -0.603. The van der Waals surface area contributed by atoms with E-state index in [0.29, 0.717) is 16.7 Å². The fourth-order valence-electron chi connectivity index (χ4n) is 1.29. The van der Waals surface area contributed by atoms with Crippen LogP contribution in [0.25, 0.3) is 10.9 Å². The Morgan fingerprint density at radius 2 is 2.27 bits per heavy atom. The predicted octanol–water partition coefficient (Wildman–Crippen LogP) is 2.68. The molecule has 4 heteroatoms. The van der Waals surface area contributed by atoms with Crippen LogP contribution in [0.3, 0.4) is 0 Å². The highest BCUT2D eigenvalue weighted by Crippen LogP contribution is 2.23. The molecule has 77 valence electrons. The molecule has 0 aliphatic rings. The molecule has 1 aromatic heterocycles. The molecule has 2 aromatic rings. The highest BCUT2D eigenvalue weighted by atomic mass is 19.3. The van der Waals surface area contributed by atoms with Gasteiger partial charge in [-0.1, -0.05) is 6.07 Å². The molecule has 0 unspecified atom stereocenters. The van der Waals surface area contributed by atoms with Crippen LogP contribution >= 0.6 is 0 Å². The molecule has 0 saturated carbocycles. The average molecular weight is 208 g/mol. The molecule has 0 bridgehead atoms. The Bertz CT molecular complexity index is 454. The number of halogens is 2. The minimum Gasteiger partial charge on any atom is -0.487 e. The number of pyridine rings is 1. The summed E-state index contributed by atoms with van der Waals surface area (Å²) in [5.41, 5.74) is 0.709. The van der Waals surface area contributed by atoms with Gasteiger partial charge < -0.3 is 4.74 Å². The Labute approximate surface area is 85.5 Å². The lowest BCUT2D eigenvalue weighted by Crippen LogP contribution is -2.07. The molecule has 2 rings (SSSR count). The summed E-state index contributed by atoms with van der Waals surface area (Å²) in [6, 6.07) is 9.56. The number of nitrogens with zero attached hydrogens (tertiary/aromatic N) is 1. The van der Waals surface area contributed by atoms with Gasteiger partial charge in [-0.3, -0.25) is 4.98 Å². The van der Waals surface area contributed by atoms with E-state index in [0.717, 1.165) is 0 Å². The number of benzene rings is 1. The summed E-state index contributed by atoms with van der Waals surface area (Å²) >= 11 is 0. The van der Waals surface area contributed by atoms with E-state index in [4.69, 9.17) is 4.74 Å². The van der Waals surface area contributed by atoms with Crippen molar-refractivity contribution in [3.05, 3.63) is 36.5 Å². The quantitative estimate of drug-likeness (QED) is 0.773. The molecule has 0 spiro atoms. The minimum atomic E-state index is -2.47. The van der Waals surface area contributed by atoms with Gasteiger partial charge in [0.05, 0.1) is 5.52 Å². The van der Waals surface area contributed by atoms with Gasteiger partial charge in [-0.05, 0) is 24.3 Å². The molecule has 2 nitrogen and oxygen atoms in total. The largest absolute Gasteiger partial charge is 0.487 e. The van der Waals surface area contributed by atoms with Gasteiger partial charge in [-0.15, -0.1) is 0 Å². The van der Waals surface area contributed by atoms with E-state index < -0.39 is 13.0 Å². The van der Waals surface area contributed by atoms with Gasteiger partial charge in [0, 0.05) is 11.6 Å². The summed E-state index contributed by atoms with van der Waals surface area (Å²) in [7, 11) is 0. The van der Waals surface area contributed by atoms with Gasteiger partial charge in [0.25, 0.3) is 6.43 Å². The van der Waals surface area contributed by atoms with Crippen molar-refractivity contribution < 1.29 is 13.5 Å². The maximum atomic E-state index is 12.0. The summed E-state index contributed by atoms with van der Waals surface area (Å²) in [6.07, 6.45) is -0.940. The maximum Gasteiger partial charge on any atom is 0.272 e. The van der Waals surface area contributed by atoms with Gasteiger partial charge in [0.2, 0.25) is 0 Å². The van der Waals surface area contributed by atoms with Crippen LogP contribution in [0.1, 0.15) is 0 Å². The molecule has 15 heavy (non-hydrogen) atoms. The van der Waals surface area contributed by atoms with Crippen LogP contribution in [0, 0.1) is 6.07 Å². The van der Waals surface area contributed by atoms with Crippen LogP contribution in [0.4, 0.5) is 8.78 Å². The van der Waals surface area contributed by atoms with Crippen molar-refractivity contribution in [3.63, 3.8) is 0 Å². The minimum absolute atomic E-state index is 0.414. The number of ether oxygens (including phenoxy) is 1. The van der Waals surface area contributed by atoms with Crippen LogP contribution in [0.15, 0.2) is 30.5 Å². The number of fused-ring (bicyclic) bond motifs is 1. The average Bonchev–Trinajstić information content (AvgIpc) is 2.26. The van der Waals surface area contributed by atoms with Crippen molar-refractivity contribution in [2.24, 2.45) is 0 Å². The Balaban J connectivity index is 2.34. The molecule has 0 amide bonds. The second-order valence-corrected chi connectivity index (χ2v) is 2.95. The van der Waals surface area contributed by atoms with Crippen LogP contribution in [-0.4, -0.2) is 18.0 Å². The number of aromatic nitrogens is 1. The van der Waals surface area contributed by atoms with E-state index in [9.17, 15) is 8.78 Å². The SMILES string of the molecule is FC(F)COc1ccnc2cc[c]cc12. The molecule has 1 radical (unpaired) electrons. The molecule has 1 aromatic carbocycles. The Morgan fingerprint density at radius 3 is 3.07 bits per heavy atom. The smallest absolute Gasteiger partial charge is 0.272 e. The van der Waals surface area contributed by atoms with E-state index in [-0.39, 0.29) is 0 Å². The van der Waals surface area contributed by atoms with E-state index in [1.807, 2.05) is 0 Å². The number of hydrogen-bond donors (Lipinski definition) is 0. The number of rotatable bonds is 3. The molecule has 0 saturated heterocycles. The van der Waals surface area contributed by atoms with Gasteiger partial charge in [-0.25, -0.2) is 8.78 Å². The first kappa shape index (κ1) is 9.83. The van der Waals surface area contributed by atoms with Gasteiger partial charge in [0.15, 0.2) is 0 Å². The summed E-state index contributed by atoms with van der Waals surface area (Å²) < 4.78 is 28.9. The fourth-order valence-corrected chi connectivity index (χ4v) is 1.29. The summed E-state index contributed by atoms with van der Waals surface area (Å²) in [5, 5.41) is 0.695. The van der Waals surface area contributed by atoms with Crippen LogP contribution in [-0.2, 0) is 0 Å². The maximum absolute atomic E-state index is 12.0. The van der Waals surface area contributed by atoms with Crippen molar-refractivity contribution in [2.45, 2.75) is 6.43 Å². The van der Waals surface area contributed by atoms with Crippen LogP contribution < -0.4 is 4.74 Å². The zero-order chi connectivity index (χ0) is 10.7. The van der Waals surface area contributed by atoms with Crippen LogP contribution in [0.5, 0.6) is 5.75 Å². The van der Waals surface area contributed by atoms with Gasteiger partial charge in [0.1, 0.15) is 12.4 Å². The van der Waals surface area contributed by atoms with E-state index in [1.165, 1.54) is 6.20 Å². The lowest BCUT2D eigenvalue weighted by atomic mass is 10.2. The molecule has 1 heterocycles. The van der Waals surface area contributed by atoms with Gasteiger partial charge >= 0.3 is 0 Å². The first-order valence-corrected chi connectivity index (χ1v) is 4.43. The monoisotopic (exact) mass is 208 g/mol. The molecular weight excluding hydrogens is 200 g/mol. The molecule has 0 atom stereocenters. The highest BCUT2D eigenvalue weighted by Gasteiger charge is 2.06. The topological polar surface area (TPSA) is 22.1 Å². The third-order valence-electron chi connectivity index (χ3n) is 1.91. The number of hydrogen-bond acceptors (Lipinski definition) is 2. The zero-order valence-electron chi connectivity index (χ0n) is 7.78. The van der Waals surface area contributed by atoms with Crippen molar-refractivity contribution in [2.75, 3.05) is 6.61 Å². The predicted molar refractivity (Wildman–Crippen MR) is 52.1 cm³/mol. The van der Waals surface area contributed by atoms with Crippen molar-refractivity contribution >= 4 is 10.9 Å². The normalized spacial score (nSPS) is 10.9. The second-order valence-electron chi connectivity index (χ2n) is 2.95. The molecule has 0 aliphatic heterocycles. The zero-order valence-corrected chi connectivity index (χ0v) is 7.78. The second kappa shape index (κ2) is 4.21. The van der Waals surface area contributed by atoms with E-state index >= 15 is 0 Å². The number of alkyl halides is 2. The first-order valence-electron chi connectivity index (χ1n) is 4.43. The van der Waals surface area contributed by atoms with Crippen molar-refractivity contribution in [1.82, 2.24) is 4.98 Å². The third kappa shape index (κ3) is 2.21. The van der Waals surface area contributed by atoms with Gasteiger partial charge in [-0.2, -0.15) is 0 Å². The lowest BCUT2D eigenvalue weighted by Gasteiger charge is -2.07. The highest BCUT2D eigenvalue weighted by molar-refractivity contribution is 5.84. The molecule has 0 fully saturated rings. The summed E-state index contributed by atoms with van der Waals surface area (Å²) in [4.78, 5) is 4.08. The van der Waals surface area contributed by atoms with Crippen molar-refractivity contribution in [1.29, 1.82) is 0 Å². The van der Waals surface area contributed by atoms with Crippen LogP contribution in [0.2, 0.25) is 0 Å². The van der Waals surface area contributed by atoms with Crippen molar-refractivity contribution in [3.8, 4) is 5.75 Å². The Morgan fingerprint density at radius 1 is 1.40 bits per heavy atom. The Kier molecular flexibility index (Phi) is 2.76. The first-order chi connectivity index (χ1) is 7.27. The Hall–Kier alpha value is -1.71. The molecular formula is C11H8F2NO. The third-order valence-corrected chi connectivity index (χ3v) is 1.91. The molecule has 0 N–H and O–H groups in total.